The Hall–Kier alpha value is -4.04. The van der Waals surface area contributed by atoms with Crippen LogP contribution in [0.1, 0.15) is 6.92 Å². The maximum Gasteiger partial charge on any atom is 0.267 e. The molecule has 2 heterocycles. The second-order valence-electron chi connectivity index (χ2n) is 7.37. The summed E-state index contributed by atoms with van der Waals surface area (Å²) in [7, 11) is 0. The molecule has 0 aliphatic carbocycles. The number of benzene rings is 3. The van der Waals surface area contributed by atoms with E-state index < -0.39 is 0 Å². The fraction of sp³-hybridized carbons (Fsp3) is 0.120. The summed E-state index contributed by atoms with van der Waals surface area (Å²) in [5, 5.41) is 9.80. The molecule has 2 aromatic heterocycles. The van der Waals surface area contributed by atoms with Gasteiger partial charge in [0.15, 0.2) is 5.13 Å². The summed E-state index contributed by atoms with van der Waals surface area (Å²) >= 11 is 1.35. The number of anilines is 1. The zero-order valence-electron chi connectivity index (χ0n) is 17.8. The van der Waals surface area contributed by atoms with Gasteiger partial charge in [-0.15, -0.1) is 0 Å². The molecule has 33 heavy (non-hydrogen) atoms. The highest BCUT2D eigenvalue weighted by atomic mass is 32.1. The standard InChI is InChI=1S/C25H20N4O3S/c1-2-32-17-10-11-21-22(14-17)33-25(26-21)27-23(30)15-29-24(31)13-12-20(28-29)19-9-5-7-16-6-3-4-8-18(16)19/h3-14H,2,15H2,1H3,(H,26,27,30). The number of carbonyl (C=O) groups excluding carboxylic acids is 1. The van der Waals surface area contributed by atoms with Crippen LogP contribution in [0, 0.1) is 0 Å². The summed E-state index contributed by atoms with van der Waals surface area (Å²) in [6.45, 7) is 2.29. The zero-order chi connectivity index (χ0) is 22.8. The number of rotatable bonds is 6. The van der Waals surface area contributed by atoms with Crippen LogP contribution in [0.4, 0.5) is 5.13 Å². The molecular weight excluding hydrogens is 436 g/mol. The van der Waals surface area contributed by atoms with Crippen LogP contribution in [-0.4, -0.2) is 27.3 Å². The van der Waals surface area contributed by atoms with E-state index in [4.69, 9.17) is 4.74 Å². The Balaban J connectivity index is 1.38. The first-order valence-electron chi connectivity index (χ1n) is 10.5. The molecule has 0 saturated carbocycles. The lowest BCUT2D eigenvalue weighted by Crippen LogP contribution is -2.29. The monoisotopic (exact) mass is 456 g/mol. The van der Waals surface area contributed by atoms with Gasteiger partial charge in [0.05, 0.1) is 22.5 Å². The van der Waals surface area contributed by atoms with Crippen molar-refractivity contribution in [1.29, 1.82) is 0 Å². The molecule has 0 aliphatic rings. The van der Waals surface area contributed by atoms with Crippen molar-refractivity contribution in [2.75, 3.05) is 11.9 Å². The van der Waals surface area contributed by atoms with Crippen molar-refractivity contribution in [1.82, 2.24) is 14.8 Å². The van der Waals surface area contributed by atoms with Gasteiger partial charge in [0, 0.05) is 11.6 Å². The Morgan fingerprint density at radius 3 is 2.79 bits per heavy atom. The molecule has 0 spiro atoms. The minimum atomic E-state index is -0.372. The lowest BCUT2D eigenvalue weighted by Gasteiger charge is -2.09. The van der Waals surface area contributed by atoms with Crippen LogP contribution in [0.5, 0.6) is 5.75 Å². The molecule has 0 fully saturated rings. The van der Waals surface area contributed by atoms with E-state index in [1.165, 1.54) is 22.1 Å². The molecule has 3 aromatic carbocycles. The van der Waals surface area contributed by atoms with Crippen molar-refractivity contribution in [3.63, 3.8) is 0 Å². The summed E-state index contributed by atoms with van der Waals surface area (Å²) < 4.78 is 7.60. The maximum atomic E-state index is 12.7. The Labute approximate surface area is 193 Å². The summed E-state index contributed by atoms with van der Waals surface area (Å²) in [5.41, 5.74) is 1.95. The second-order valence-corrected chi connectivity index (χ2v) is 8.40. The number of carbonyl (C=O) groups is 1. The normalized spacial score (nSPS) is 11.1. The number of aromatic nitrogens is 3. The van der Waals surface area contributed by atoms with Crippen LogP contribution in [-0.2, 0) is 11.3 Å². The number of ether oxygens (including phenoxy) is 1. The van der Waals surface area contributed by atoms with Crippen LogP contribution in [0.3, 0.4) is 0 Å². The number of hydrogen-bond donors (Lipinski definition) is 1. The quantitative estimate of drug-likeness (QED) is 0.400. The SMILES string of the molecule is CCOc1ccc2nc(NC(=O)Cn3nc(-c4cccc5ccccc45)ccc3=O)sc2c1. The molecule has 0 radical (unpaired) electrons. The van der Waals surface area contributed by atoms with E-state index in [1.807, 2.05) is 67.6 Å². The van der Waals surface area contributed by atoms with Gasteiger partial charge in [-0.25, -0.2) is 9.67 Å². The molecule has 0 unspecified atom stereocenters. The molecule has 0 aliphatic heterocycles. The van der Waals surface area contributed by atoms with Gasteiger partial charge in [0.25, 0.3) is 5.56 Å². The summed E-state index contributed by atoms with van der Waals surface area (Å²) in [6.07, 6.45) is 0. The molecule has 0 atom stereocenters. The summed E-state index contributed by atoms with van der Waals surface area (Å²) in [6, 6.07) is 22.6. The first-order chi connectivity index (χ1) is 16.1. The number of amides is 1. The van der Waals surface area contributed by atoms with Crippen LogP contribution in [0.2, 0.25) is 0 Å². The van der Waals surface area contributed by atoms with Crippen LogP contribution < -0.4 is 15.6 Å². The van der Waals surface area contributed by atoms with E-state index in [0.29, 0.717) is 17.4 Å². The number of hydrogen-bond acceptors (Lipinski definition) is 6. The van der Waals surface area contributed by atoms with Crippen molar-refractivity contribution < 1.29 is 9.53 Å². The number of thiazole rings is 1. The molecule has 5 rings (SSSR count). The molecule has 0 bridgehead atoms. The molecule has 8 heteroatoms. The Morgan fingerprint density at radius 1 is 1.06 bits per heavy atom. The van der Waals surface area contributed by atoms with Gasteiger partial charge in [-0.1, -0.05) is 53.8 Å². The van der Waals surface area contributed by atoms with Crippen molar-refractivity contribution in [3.05, 3.63) is 83.2 Å². The van der Waals surface area contributed by atoms with Crippen molar-refractivity contribution in [2.45, 2.75) is 13.5 Å². The smallest absolute Gasteiger partial charge is 0.267 e. The largest absolute Gasteiger partial charge is 0.494 e. The minimum absolute atomic E-state index is 0.211. The third kappa shape index (κ3) is 4.33. The third-order valence-corrected chi connectivity index (χ3v) is 6.08. The van der Waals surface area contributed by atoms with Gasteiger partial charge < -0.3 is 10.1 Å². The second kappa shape index (κ2) is 8.84. The van der Waals surface area contributed by atoms with Gasteiger partial charge in [-0.3, -0.25) is 9.59 Å². The number of nitrogens with one attached hydrogen (secondary N) is 1. The van der Waals surface area contributed by atoms with Crippen LogP contribution in [0.25, 0.3) is 32.2 Å². The van der Waals surface area contributed by atoms with Crippen LogP contribution in [0.15, 0.2) is 77.6 Å². The highest BCUT2D eigenvalue weighted by Gasteiger charge is 2.12. The van der Waals surface area contributed by atoms with Crippen molar-refractivity contribution >= 4 is 43.4 Å². The van der Waals surface area contributed by atoms with E-state index >= 15 is 0 Å². The number of nitrogens with zero attached hydrogens (tertiary/aromatic N) is 3. The molecule has 0 saturated heterocycles. The first kappa shape index (κ1) is 20.8. The van der Waals surface area contributed by atoms with E-state index in [1.54, 1.807) is 6.07 Å². The highest BCUT2D eigenvalue weighted by molar-refractivity contribution is 7.22. The van der Waals surface area contributed by atoms with Gasteiger partial charge >= 0.3 is 0 Å². The Morgan fingerprint density at radius 2 is 1.91 bits per heavy atom. The molecule has 1 N–H and O–H groups in total. The Kier molecular flexibility index (Phi) is 5.58. The average molecular weight is 457 g/mol. The predicted octanol–water partition coefficient (Wildman–Crippen LogP) is 4.71. The van der Waals surface area contributed by atoms with Gasteiger partial charge in [0.1, 0.15) is 12.3 Å². The summed E-state index contributed by atoms with van der Waals surface area (Å²) in [5.74, 6) is 0.385. The van der Waals surface area contributed by atoms with E-state index in [2.05, 4.69) is 15.4 Å². The molecule has 7 nitrogen and oxygen atoms in total. The topological polar surface area (TPSA) is 86.1 Å². The van der Waals surface area contributed by atoms with E-state index in [0.717, 1.165) is 32.3 Å². The van der Waals surface area contributed by atoms with E-state index in [-0.39, 0.29) is 18.0 Å². The number of fused-ring (bicyclic) bond motifs is 2. The Bertz CT molecular complexity index is 1530. The molecular formula is C25H20N4O3S. The fourth-order valence-corrected chi connectivity index (χ4v) is 4.57. The lowest BCUT2D eigenvalue weighted by molar-refractivity contribution is -0.117. The highest BCUT2D eigenvalue weighted by Crippen LogP contribution is 2.29. The third-order valence-electron chi connectivity index (χ3n) is 5.14. The van der Waals surface area contributed by atoms with Crippen molar-refractivity contribution in [2.24, 2.45) is 0 Å². The van der Waals surface area contributed by atoms with Crippen molar-refractivity contribution in [3.8, 4) is 17.0 Å². The zero-order valence-corrected chi connectivity index (χ0v) is 18.6. The maximum absolute atomic E-state index is 12.7. The van der Waals surface area contributed by atoms with Gasteiger partial charge in [-0.05, 0) is 42.0 Å². The fourth-order valence-electron chi connectivity index (χ4n) is 3.66. The lowest BCUT2D eigenvalue weighted by atomic mass is 10.0. The van der Waals surface area contributed by atoms with Gasteiger partial charge in [-0.2, -0.15) is 5.10 Å². The summed E-state index contributed by atoms with van der Waals surface area (Å²) in [4.78, 5) is 29.5. The van der Waals surface area contributed by atoms with Gasteiger partial charge in [0.2, 0.25) is 5.91 Å². The first-order valence-corrected chi connectivity index (χ1v) is 11.3. The molecule has 5 aromatic rings. The minimum Gasteiger partial charge on any atom is -0.494 e. The van der Waals surface area contributed by atoms with Crippen LogP contribution >= 0.6 is 11.3 Å². The average Bonchev–Trinajstić information content (AvgIpc) is 3.21. The molecule has 164 valence electrons. The van der Waals surface area contributed by atoms with E-state index in [9.17, 15) is 9.59 Å². The molecule has 1 amide bonds. The predicted molar refractivity (Wildman–Crippen MR) is 131 cm³/mol.